The van der Waals surface area contributed by atoms with E-state index < -0.39 is 0 Å². The Hall–Kier alpha value is -1.25. The summed E-state index contributed by atoms with van der Waals surface area (Å²) in [4.78, 5) is 4.31. The van der Waals surface area contributed by atoms with Gasteiger partial charge < -0.3 is 10.1 Å². The maximum atomic E-state index is 5.07. The summed E-state index contributed by atoms with van der Waals surface area (Å²) < 4.78 is 5.07. The molecule has 1 unspecified atom stereocenters. The van der Waals surface area contributed by atoms with E-state index in [1.165, 1.54) is 6.42 Å². The Labute approximate surface area is 90.9 Å². The zero-order valence-electron chi connectivity index (χ0n) is 9.58. The molecule has 3 heteroatoms. The molecule has 3 nitrogen and oxygen atoms in total. The molecule has 1 aliphatic rings. The number of rotatable bonds is 4. The average molecular weight is 206 g/mol. The number of ether oxygens (including phenoxy) is 1. The fourth-order valence-electron chi connectivity index (χ4n) is 1.78. The van der Waals surface area contributed by atoms with Gasteiger partial charge in [0.25, 0.3) is 0 Å². The molecule has 0 saturated heterocycles. The molecule has 82 valence electrons. The lowest BCUT2D eigenvalue weighted by molar-refractivity contribution is 0.398. The second-order valence-corrected chi connectivity index (χ2v) is 4.84. The van der Waals surface area contributed by atoms with Crippen molar-refractivity contribution >= 4 is 5.82 Å². The number of anilines is 1. The summed E-state index contributed by atoms with van der Waals surface area (Å²) in [6, 6.07) is 5.77. The van der Waals surface area contributed by atoms with Gasteiger partial charge in [-0.1, -0.05) is 19.9 Å². The van der Waals surface area contributed by atoms with Crippen molar-refractivity contribution in [1.29, 1.82) is 0 Å². The summed E-state index contributed by atoms with van der Waals surface area (Å²) in [6.07, 6.45) is 1.31. The van der Waals surface area contributed by atoms with Crippen LogP contribution in [0.4, 0.5) is 5.82 Å². The lowest BCUT2D eigenvalue weighted by Gasteiger charge is -2.07. The summed E-state index contributed by atoms with van der Waals surface area (Å²) in [5.41, 5.74) is 0.520. The highest BCUT2D eigenvalue weighted by molar-refractivity contribution is 5.37. The second kappa shape index (κ2) is 3.72. The standard InChI is InChI=1S/C12H18N2O/c1-12(2)7-9(12)8-13-10-5-4-6-11(14-10)15-3/h4-6,9H,7-8H2,1-3H3,(H,13,14). The Morgan fingerprint density at radius 3 is 2.87 bits per heavy atom. The van der Waals surface area contributed by atoms with Crippen LogP contribution in [0.1, 0.15) is 20.3 Å². The van der Waals surface area contributed by atoms with Crippen molar-refractivity contribution in [3.63, 3.8) is 0 Å². The Morgan fingerprint density at radius 1 is 1.53 bits per heavy atom. The summed E-state index contributed by atoms with van der Waals surface area (Å²) in [6.45, 7) is 5.61. The highest BCUT2D eigenvalue weighted by atomic mass is 16.5. The molecule has 0 spiro atoms. The van der Waals surface area contributed by atoms with Crippen LogP contribution in [-0.2, 0) is 0 Å². The number of pyridine rings is 1. The first-order valence-electron chi connectivity index (χ1n) is 5.37. The van der Waals surface area contributed by atoms with E-state index in [9.17, 15) is 0 Å². The molecular formula is C12H18N2O. The van der Waals surface area contributed by atoms with E-state index in [1.54, 1.807) is 7.11 Å². The van der Waals surface area contributed by atoms with Crippen molar-refractivity contribution in [1.82, 2.24) is 4.98 Å². The van der Waals surface area contributed by atoms with Crippen LogP contribution in [0.2, 0.25) is 0 Å². The zero-order chi connectivity index (χ0) is 10.9. The van der Waals surface area contributed by atoms with E-state index in [2.05, 4.69) is 24.1 Å². The molecule has 0 aromatic carbocycles. The summed E-state index contributed by atoms with van der Waals surface area (Å²) >= 11 is 0. The molecule has 0 bridgehead atoms. The van der Waals surface area contributed by atoms with Crippen LogP contribution >= 0.6 is 0 Å². The first-order chi connectivity index (χ1) is 7.12. The van der Waals surface area contributed by atoms with Crippen molar-refractivity contribution in [2.24, 2.45) is 11.3 Å². The Kier molecular flexibility index (Phi) is 2.55. The number of hydrogen-bond donors (Lipinski definition) is 1. The molecule has 1 aromatic rings. The zero-order valence-corrected chi connectivity index (χ0v) is 9.58. The minimum Gasteiger partial charge on any atom is -0.481 e. The molecule has 1 aliphatic carbocycles. The molecule has 0 aliphatic heterocycles. The third kappa shape index (κ3) is 2.41. The highest BCUT2D eigenvalue weighted by Gasteiger charge is 2.44. The quantitative estimate of drug-likeness (QED) is 0.822. The predicted octanol–water partition coefficient (Wildman–Crippen LogP) is 2.55. The van der Waals surface area contributed by atoms with E-state index >= 15 is 0 Å². The maximum Gasteiger partial charge on any atom is 0.214 e. The number of nitrogens with zero attached hydrogens (tertiary/aromatic N) is 1. The average Bonchev–Trinajstić information content (AvgIpc) is 2.84. The summed E-state index contributed by atoms with van der Waals surface area (Å²) in [7, 11) is 1.64. The first kappa shape index (κ1) is 10.3. The molecule has 0 amide bonds. The minimum atomic E-state index is 0.520. The van der Waals surface area contributed by atoms with Gasteiger partial charge in [-0.25, -0.2) is 0 Å². The molecule has 1 atom stereocenters. The van der Waals surface area contributed by atoms with E-state index in [4.69, 9.17) is 4.74 Å². The van der Waals surface area contributed by atoms with Gasteiger partial charge in [0.2, 0.25) is 5.88 Å². The van der Waals surface area contributed by atoms with Gasteiger partial charge in [-0.05, 0) is 23.8 Å². The monoisotopic (exact) mass is 206 g/mol. The van der Waals surface area contributed by atoms with E-state index in [0.717, 1.165) is 18.3 Å². The van der Waals surface area contributed by atoms with Crippen LogP contribution in [0, 0.1) is 11.3 Å². The van der Waals surface area contributed by atoms with Crippen LogP contribution in [0.3, 0.4) is 0 Å². The van der Waals surface area contributed by atoms with Crippen molar-refractivity contribution in [2.75, 3.05) is 19.0 Å². The van der Waals surface area contributed by atoms with Gasteiger partial charge in [-0.3, -0.25) is 0 Å². The van der Waals surface area contributed by atoms with Gasteiger partial charge in [0.15, 0.2) is 0 Å². The van der Waals surface area contributed by atoms with Gasteiger partial charge in [0.05, 0.1) is 7.11 Å². The van der Waals surface area contributed by atoms with Crippen LogP contribution in [0.15, 0.2) is 18.2 Å². The Bertz CT molecular complexity index is 349. The van der Waals surface area contributed by atoms with Crippen LogP contribution in [-0.4, -0.2) is 18.6 Å². The van der Waals surface area contributed by atoms with E-state index in [1.807, 2.05) is 18.2 Å². The first-order valence-corrected chi connectivity index (χ1v) is 5.37. The molecule has 1 fully saturated rings. The molecule has 1 aromatic heterocycles. The molecule has 1 heterocycles. The molecule has 1 saturated carbocycles. The second-order valence-electron chi connectivity index (χ2n) is 4.84. The van der Waals surface area contributed by atoms with Crippen molar-refractivity contribution in [3.05, 3.63) is 18.2 Å². The molecular weight excluding hydrogens is 188 g/mol. The number of methoxy groups -OCH3 is 1. The fourth-order valence-corrected chi connectivity index (χ4v) is 1.78. The number of aromatic nitrogens is 1. The van der Waals surface area contributed by atoms with Crippen molar-refractivity contribution in [2.45, 2.75) is 20.3 Å². The molecule has 15 heavy (non-hydrogen) atoms. The maximum absolute atomic E-state index is 5.07. The fraction of sp³-hybridized carbons (Fsp3) is 0.583. The summed E-state index contributed by atoms with van der Waals surface area (Å²) in [5, 5.41) is 3.35. The minimum absolute atomic E-state index is 0.520. The Morgan fingerprint density at radius 2 is 2.27 bits per heavy atom. The predicted molar refractivity (Wildman–Crippen MR) is 61.2 cm³/mol. The van der Waals surface area contributed by atoms with E-state index in [0.29, 0.717) is 11.3 Å². The Balaban J connectivity index is 1.88. The summed E-state index contributed by atoms with van der Waals surface area (Å²) in [5.74, 6) is 2.35. The van der Waals surface area contributed by atoms with Gasteiger partial charge in [-0.2, -0.15) is 4.98 Å². The smallest absolute Gasteiger partial charge is 0.214 e. The normalized spacial score (nSPS) is 22.2. The molecule has 1 N–H and O–H groups in total. The third-order valence-corrected chi connectivity index (χ3v) is 3.18. The lowest BCUT2D eigenvalue weighted by atomic mass is 10.1. The highest BCUT2D eigenvalue weighted by Crippen LogP contribution is 2.51. The van der Waals surface area contributed by atoms with Crippen LogP contribution in [0.25, 0.3) is 0 Å². The van der Waals surface area contributed by atoms with Gasteiger partial charge in [-0.15, -0.1) is 0 Å². The van der Waals surface area contributed by atoms with Gasteiger partial charge in [0.1, 0.15) is 5.82 Å². The topological polar surface area (TPSA) is 34.1 Å². The van der Waals surface area contributed by atoms with E-state index in [-0.39, 0.29) is 0 Å². The lowest BCUT2D eigenvalue weighted by Crippen LogP contribution is -2.08. The third-order valence-electron chi connectivity index (χ3n) is 3.18. The largest absolute Gasteiger partial charge is 0.481 e. The van der Waals surface area contributed by atoms with Crippen LogP contribution < -0.4 is 10.1 Å². The van der Waals surface area contributed by atoms with Gasteiger partial charge >= 0.3 is 0 Å². The van der Waals surface area contributed by atoms with Crippen molar-refractivity contribution < 1.29 is 4.74 Å². The SMILES string of the molecule is COc1cccc(NCC2CC2(C)C)n1. The van der Waals surface area contributed by atoms with Crippen molar-refractivity contribution in [3.8, 4) is 5.88 Å². The molecule has 0 radical (unpaired) electrons. The number of hydrogen-bond acceptors (Lipinski definition) is 3. The van der Waals surface area contributed by atoms with Crippen LogP contribution in [0.5, 0.6) is 5.88 Å². The van der Waals surface area contributed by atoms with Gasteiger partial charge in [0, 0.05) is 12.6 Å². The molecule has 2 rings (SSSR count). The number of nitrogens with one attached hydrogen (secondary N) is 1.